The monoisotopic (exact) mass is 229 g/mol. The molecule has 1 rings (SSSR count). The van der Waals surface area contributed by atoms with Crippen molar-refractivity contribution in [3.63, 3.8) is 0 Å². The first-order valence-electron chi connectivity index (χ1n) is 4.18. The second-order valence-corrected chi connectivity index (χ2v) is 2.90. The molecule has 0 unspecified atom stereocenters. The smallest absolute Gasteiger partial charge is 0.320 e. The minimum absolute atomic E-state index is 0.222. The molecule has 3 N–H and O–H groups in total. The lowest BCUT2D eigenvalue weighted by Gasteiger charge is -2.04. The number of carbonyl (C=O) groups is 2. The van der Waals surface area contributed by atoms with Crippen LogP contribution in [-0.2, 0) is 16.0 Å². The van der Waals surface area contributed by atoms with E-state index >= 15 is 0 Å². The number of hydrogen-bond acceptors (Lipinski definition) is 3. The second kappa shape index (κ2) is 7.96. The van der Waals surface area contributed by atoms with Crippen molar-refractivity contribution in [1.29, 1.82) is 0 Å². The van der Waals surface area contributed by atoms with E-state index in [1.165, 1.54) is 0 Å². The average molecular weight is 230 g/mol. The lowest BCUT2D eigenvalue weighted by molar-refractivity contribution is -0.138. The molecular formula is C10H12ClNO3. The molecular weight excluding hydrogens is 218 g/mol. The third kappa shape index (κ3) is 6.65. The van der Waals surface area contributed by atoms with E-state index in [4.69, 9.17) is 15.6 Å². The summed E-state index contributed by atoms with van der Waals surface area (Å²) in [7, 11) is 0. The van der Waals surface area contributed by atoms with Crippen molar-refractivity contribution in [3.05, 3.63) is 35.9 Å². The molecule has 0 saturated heterocycles. The summed E-state index contributed by atoms with van der Waals surface area (Å²) in [6.45, 7) is 0. The van der Waals surface area contributed by atoms with Crippen LogP contribution < -0.4 is 5.73 Å². The standard InChI is InChI=1S/C9H11NO2.CHClO/c10-8(9(11)12)6-7-4-2-1-3-5-7;2-1-3/h1-5,8H,6,10H2,(H,11,12);1H/t8-;/m1./s1. The van der Waals surface area contributed by atoms with E-state index in [0.29, 0.717) is 6.42 Å². The van der Waals surface area contributed by atoms with Crippen LogP contribution in [0.1, 0.15) is 5.56 Å². The molecule has 5 heteroatoms. The number of hydrogen-bond donors (Lipinski definition) is 2. The van der Waals surface area contributed by atoms with Gasteiger partial charge in [-0.1, -0.05) is 30.3 Å². The van der Waals surface area contributed by atoms with E-state index in [-0.39, 0.29) is 5.75 Å². The number of aliphatic carboxylic acids is 1. The minimum Gasteiger partial charge on any atom is -0.480 e. The van der Waals surface area contributed by atoms with E-state index in [1.807, 2.05) is 30.3 Å². The number of carbonyl (C=O) groups excluding carboxylic acids is 1. The third-order valence-corrected chi connectivity index (χ3v) is 1.62. The van der Waals surface area contributed by atoms with Crippen molar-refractivity contribution in [1.82, 2.24) is 0 Å². The van der Waals surface area contributed by atoms with Crippen molar-refractivity contribution in [2.24, 2.45) is 5.73 Å². The lowest BCUT2D eigenvalue weighted by Crippen LogP contribution is -2.32. The third-order valence-electron chi connectivity index (χ3n) is 1.62. The van der Waals surface area contributed by atoms with Crippen LogP contribution in [0.25, 0.3) is 0 Å². The van der Waals surface area contributed by atoms with Crippen molar-refractivity contribution in [3.8, 4) is 0 Å². The zero-order chi connectivity index (χ0) is 11.7. The van der Waals surface area contributed by atoms with Crippen LogP contribution in [0.2, 0.25) is 0 Å². The van der Waals surface area contributed by atoms with Gasteiger partial charge in [-0.05, 0) is 23.6 Å². The van der Waals surface area contributed by atoms with Gasteiger partial charge >= 0.3 is 5.97 Å². The molecule has 0 heterocycles. The van der Waals surface area contributed by atoms with Gasteiger partial charge in [0.2, 0.25) is 5.75 Å². The Hall–Kier alpha value is -1.39. The van der Waals surface area contributed by atoms with Crippen molar-refractivity contribution >= 4 is 23.3 Å². The average Bonchev–Trinajstić information content (AvgIpc) is 2.20. The Morgan fingerprint density at radius 2 is 1.93 bits per heavy atom. The van der Waals surface area contributed by atoms with Gasteiger partial charge in [-0.25, -0.2) is 0 Å². The highest BCUT2D eigenvalue weighted by atomic mass is 35.5. The fourth-order valence-electron chi connectivity index (χ4n) is 0.955. The molecule has 0 spiro atoms. The molecule has 0 aromatic heterocycles. The second-order valence-electron chi connectivity index (χ2n) is 2.72. The SMILES string of the molecule is N[C@H](Cc1ccccc1)C(=O)O.O=CCl. The molecule has 0 aliphatic heterocycles. The van der Waals surface area contributed by atoms with Gasteiger partial charge in [0.25, 0.3) is 0 Å². The first kappa shape index (κ1) is 13.6. The quantitative estimate of drug-likeness (QED) is 0.600. The Balaban J connectivity index is 0.000000583. The van der Waals surface area contributed by atoms with Crippen LogP contribution in [-0.4, -0.2) is 22.9 Å². The Labute approximate surface area is 92.7 Å². The van der Waals surface area contributed by atoms with Gasteiger partial charge in [0.15, 0.2) is 0 Å². The van der Waals surface area contributed by atoms with Crippen LogP contribution in [0.4, 0.5) is 0 Å². The van der Waals surface area contributed by atoms with Gasteiger partial charge in [0, 0.05) is 0 Å². The first-order chi connectivity index (χ1) is 7.11. The number of rotatable bonds is 3. The largest absolute Gasteiger partial charge is 0.480 e. The van der Waals surface area contributed by atoms with Crippen LogP contribution in [0.15, 0.2) is 30.3 Å². The van der Waals surface area contributed by atoms with Crippen molar-refractivity contribution in [2.45, 2.75) is 12.5 Å². The van der Waals surface area contributed by atoms with E-state index in [1.54, 1.807) is 0 Å². The van der Waals surface area contributed by atoms with Crippen molar-refractivity contribution < 1.29 is 14.7 Å². The summed E-state index contributed by atoms with van der Waals surface area (Å²) in [4.78, 5) is 18.9. The summed E-state index contributed by atoms with van der Waals surface area (Å²) in [5, 5.41) is 8.52. The molecule has 0 fully saturated rings. The molecule has 15 heavy (non-hydrogen) atoms. The van der Waals surface area contributed by atoms with Gasteiger partial charge in [0.05, 0.1) is 0 Å². The van der Waals surface area contributed by atoms with Gasteiger partial charge < -0.3 is 10.8 Å². The van der Waals surface area contributed by atoms with E-state index in [9.17, 15) is 4.79 Å². The summed E-state index contributed by atoms with van der Waals surface area (Å²) < 4.78 is 0. The maximum Gasteiger partial charge on any atom is 0.320 e. The Morgan fingerprint density at radius 1 is 1.47 bits per heavy atom. The molecule has 0 aliphatic rings. The van der Waals surface area contributed by atoms with E-state index in [2.05, 4.69) is 11.6 Å². The van der Waals surface area contributed by atoms with Gasteiger partial charge in [0.1, 0.15) is 6.04 Å². The number of carboxylic acids is 1. The fourth-order valence-corrected chi connectivity index (χ4v) is 0.955. The molecule has 1 atom stereocenters. The summed E-state index contributed by atoms with van der Waals surface area (Å²) in [6, 6.07) is 8.54. The lowest BCUT2D eigenvalue weighted by atomic mass is 10.1. The highest BCUT2D eigenvalue weighted by molar-refractivity contribution is 6.54. The predicted octanol–water partition coefficient (Wildman–Crippen LogP) is 1.06. The molecule has 0 saturated carbocycles. The minimum atomic E-state index is -0.959. The Morgan fingerprint density at radius 3 is 2.33 bits per heavy atom. The number of carboxylic acid groups (broad SMARTS) is 1. The maximum atomic E-state index is 10.4. The van der Waals surface area contributed by atoms with Gasteiger partial charge in [-0.2, -0.15) is 0 Å². The summed E-state index contributed by atoms with van der Waals surface area (Å²) in [6.07, 6.45) is 0.385. The van der Waals surface area contributed by atoms with Crippen LogP contribution in [0.3, 0.4) is 0 Å². The zero-order valence-electron chi connectivity index (χ0n) is 7.97. The van der Waals surface area contributed by atoms with E-state index < -0.39 is 12.0 Å². The normalized spacial score (nSPS) is 10.8. The van der Waals surface area contributed by atoms with Crippen LogP contribution >= 0.6 is 11.6 Å². The highest BCUT2D eigenvalue weighted by Gasteiger charge is 2.10. The molecule has 0 amide bonds. The van der Waals surface area contributed by atoms with Crippen LogP contribution in [0.5, 0.6) is 0 Å². The topological polar surface area (TPSA) is 80.4 Å². The zero-order valence-corrected chi connectivity index (χ0v) is 8.72. The summed E-state index contributed by atoms with van der Waals surface area (Å²) in [5.41, 5.74) is 6.30. The molecule has 4 nitrogen and oxygen atoms in total. The Bertz CT molecular complexity index is 303. The van der Waals surface area contributed by atoms with E-state index in [0.717, 1.165) is 5.56 Å². The molecule has 0 bridgehead atoms. The molecule has 1 aromatic rings. The predicted molar refractivity (Wildman–Crippen MR) is 58.4 cm³/mol. The summed E-state index contributed by atoms with van der Waals surface area (Å²) in [5.74, 6) is -0.737. The Kier molecular flexibility index (Phi) is 7.23. The molecule has 1 aromatic carbocycles. The molecule has 0 aliphatic carbocycles. The fraction of sp³-hybridized carbons (Fsp3) is 0.200. The maximum absolute atomic E-state index is 10.4. The number of benzene rings is 1. The number of nitrogens with two attached hydrogens (primary N) is 1. The first-order valence-corrected chi connectivity index (χ1v) is 4.61. The highest BCUT2D eigenvalue weighted by Crippen LogP contribution is 2.01. The van der Waals surface area contributed by atoms with Gasteiger partial charge in [-0.15, -0.1) is 0 Å². The molecule has 82 valence electrons. The van der Waals surface area contributed by atoms with Gasteiger partial charge in [-0.3, -0.25) is 9.59 Å². The van der Waals surface area contributed by atoms with Crippen LogP contribution in [0, 0.1) is 0 Å². The van der Waals surface area contributed by atoms with Crippen molar-refractivity contribution in [2.75, 3.05) is 0 Å². The summed E-state index contributed by atoms with van der Waals surface area (Å²) >= 11 is 4.32. The number of halogens is 1. The molecule has 0 radical (unpaired) electrons.